The zero-order chi connectivity index (χ0) is 21.0. The van der Waals surface area contributed by atoms with Crippen molar-refractivity contribution in [2.24, 2.45) is 0 Å². The monoisotopic (exact) mass is 499 g/mol. The molecule has 1 heterocycles. The van der Waals surface area contributed by atoms with E-state index in [0.29, 0.717) is 31.2 Å². The minimum atomic E-state index is -3.72. The summed E-state index contributed by atoms with van der Waals surface area (Å²) in [6.45, 7) is 4.25. The zero-order valence-electron chi connectivity index (χ0n) is 16.1. The van der Waals surface area contributed by atoms with Gasteiger partial charge in [0.05, 0.1) is 11.4 Å². The highest BCUT2D eigenvalue weighted by molar-refractivity contribution is 9.10. The molecular formula is C20H23BrClN3O3S. The van der Waals surface area contributed by atoms with Crippen LogP contribution in [-0.2, 0) is 14.8 Å². The molecule has 0 atom stereocenters. The molecule has 29 heavy (non-hydrogen) atoms. The molecule has 156 valence electrons. The molecule has 1 fully saturated rings. The fraction of sp³-hybridized carbons (Fsp3) is 0.350. The van der Waals surface area contributed by atoms with Crippen molar-refractivity contribution in [1.82, 2.24) is 9.21 Å². The summed E-state index contributed by atoms with van der Waals surface area (Å²) in [5.41, 5.74) is 1.03. The van der Waals surface area contributed by atoms with Crippen molar-refractivity contribution in [2.75, 3.05) is 44.2 Å². The topological polar surface area (TPSA) is 60.9 Å². The molecule has 1 saturated heterocycles. The fourth-order valence-electron chi connectivity index (χ4n) is 3.26. The van der Waals surface area contributed by atoms with Gasteiger partial charge < -0.3 is 9.80 Å². The molecule has 0 aliphatic carbocycles. The second kappa shape index (κ2) is 9.47. The Hall–Kier alpha value is -1.61. The maximum absolute atomic E-state index is 12.9. The van der Waals surface area contributed by atoms with Gasteiger partial charge in [-0.15, -0.1) is 0 Å². The van der Waals surface area contributed by atoms with Crippen LogP contribution in [0.5, 0.6) is 0 Å². The number of amides is 1. The summed E-state index contributed by atoms with van der Waals surface area (Å²) in [6.07, 6.45) is 0. The minimum absolute atomic E-state index is 0.161. The van der Waals surface area contributed by atoms with Crippen LogP contribution in [0.4, 0.5) is 5.69 Å². The Balaban J connectivity index is 1.62. The lowest BCUT2D eigenvalue weighted by molar-refractivity contribution is -0.131. The van der Waals surface area contributed by atoms with Crippen molar-refractivity contribution in [1.29, 1.82) is 0 Å². The molecule has 0 unspecified atom stereocenters. The lowest BCUT2D eigenvalue weighted by Crippen LogP contribution is -2.51. The standard InChI is InChI=1S/C20H23BrClN3O3S/c1-2-25(29(27,28)19-8-6-16(21)7-9-19)15-20(26)24-12-10-23(11-13-24)18-5-3-4-17(22)14-18/h3-9,14H,2,10-13,15H2,1H3. The predicted molar refractivity (Wildman–Crippen MR) is 119 cm³/mol. The van der Waals surface area contributed by atoms with Crippen LogP contribution < -0.4 is 4.90 Å². The van der Waals surface area contributed by atoms with Crippen molar-refractivity contribution in [3.63, 3.8) is 0 Å². The maximum Gasteiger partial charge on any atom is 0.243 e. The smallest absolute Gasteiger partial charge is 0.243 e. The third-order valence-corrected chi connectivity index (χ3v) is 7.62. The van der Waals surface area contributed by atoms with Gasteiger partial charge in [-0.05, 0) is 42.5 Å². The highest BCUT2D eigenvalue weighted by Crippen LogP contribution is 2.22. The van der Waals surface area contributed by atoms with Gasteiger partial charge in [0.1, 0.15) is 0 Å². The molecule has 0 saturated carbocycles. The van der Waals surface area contributed by atoms with Crippen LogP contribution in [0.2, 0.25) is 5.02 Å². The third-order valence-electron chi connectivity index (χ3n) is 4.92. The molecule has 0 radical (unpaired) electrons. The van der Waals surface area contributed by atoms with Gasteiger partial charge in [-0.1, -0.05) is 40.5 Å². The number of carbonyl (C=O) groups is 1. The average Bonchev–Trinajstić information content (AvgIpc) is 2.72. The number of hydrogen-bond donors (Lipinski definition) is 0. The first-order valence-electron chi connectivity index (χ1n) is 9.35. The molecule has 0 spiro atoms. The van der Waals surface area contributed by atoms with E-state index in [-0.39, 0.29) is 23.9 Å². The summed E-state index contributed by atoms with van der Waals surface area (Å²) in [5, 5.41) is 0.678. The average molecular weight is 501 g/mol. The van der Waals surface area contributed by atoms with E-state index in [1.807, 2.05) is 24.3 Å². The summed E-state index contributed by atoms with van der Waals surface area (Å²) in [5.74, 6) is -0.182. The van der Waals surface area contributed by atoms with E-state index in [1.54, 1.807) is 24.0 Å². The molecule has 2 aromatic carbocycles. The van der Waals surface area contributed by atoms with Crippen LogP contribution in [0.25, 0.3) is 0 Å². The van der Waals surface area contributed by atoms with Crippen molar-refractivity contribution in [2.45, 2.75) is 11.8 Å². The van der Waals surface area contributed by atoms with E-state index in [4.69, 9.17) is 11.6 Å². The van der Waals surface area contributed by atoms with Crippen LogP contribution in [0.3, 0.4) is 0 Å². The Kier molecular flexibility index (Phi) is 7.21. The SMILES string of the molecule is CCN(CC(=O)N1CCN(c2cccc(Cl)c2)CC1)S(=O)(=O)c1ccc(Br)cc1. The van der Waals surface area contributed by atoms with Gasteiger partial charge in [-0.2, -0.15) is 4.31 Å². The first kappa shape index (κ1) is 22.1. The molecule has 0 bridgehead atoms. The molecule has 1 aliphatic heterocycles. The van der Waals surface area contributed by atoms with E-state index in [9.17, 15) is 13.2 Å². The van der Waals surface area contributed by atoms with Crippen LogP contribution in [-0.4, -0.2) is 62.8 Å². The Labute approximate surface area is 185 Å². The van der Waals surface area contributed by atoms with Gasteiger partial charge in [0, 0.05) is 47.9 Å². The van der Waals surface area contributed by atoms with Crippen LogP contribution in [0.1, 0.15) is 6.92 Å². The summed E-state index contributed by atoms with van der Waals surface area (Å²) in [7, 11) is -3.72. The van der Waals surface area contributed by atoms with Crippen LogP contribution in [0, 0.1) is 0 Å². The number of benzene rings is 2. The van der Waals surface area contributed by atoms with Gasteiger partial charge in [-0.25, -0.2) is 8.42 Å². The summed E-state index contributed by atoms with van der Waals surface area (Å²) in [6, 6.07) is 14.1. The van der Waals surface area contributed by atoms with Gasteiger partial charge in [-0.3, -0.25) is 4.79 Å². The molecule has 1 aliphatic rings. The van der Waals surface area contributed by atoms with E-state index < -0.39 is 10.0 Å². The van der Waals surface area contributed by atoms with Crippen molar-refractivity contribution >= 4 is 49.1 Å². The first-order chi connectivity index (χ1) is 13.8. The quantitative estimate of drug-likeness (QED) is 0.609. The second-order valence-corrected chi connectivity index (χ2v) is 10.0. The number of sulfonamides is 1. The lowest BCUT2D eigenvalue weighted by Gasteiger charge is -2.37. The zero-order valence-corrected chi connectivity index (χ0v) is 19.3. The summed E-state index contributed by atoms with van der Waals surface area (Å²) >= 11 is 9.37. The lowest BCUT2D eigenvalue weighted by atomic mass is 10.2. The second-order valence-electron chi connectivity index (χ2n) is 6.73. The van der Waals surface area contributed by atoms with Crippen molar-refractivity contribution in [3.8, 4) is 0 Å². The third kappa shape index (κ3) is 5.31. The largest absolute Gasteiger partial charge is 0.368 e. The highest BCUT2D eigenvalue weighted by atomic mass is 79.9. The van der Waals surface area contributed by atoms with Gasteiger partial charge in [0.25, 0.3) is 0 Å². The Morgan fingerprint density at radius 3 is 2.34 bits per heavy atom. The van der Waals surface area contributed by atoms with E-state index >= 15 is 0 Å². The number of likely N-dealkylation sites (N-methyl/N-ethyl adjacent to an activating group) is 1. The molecule has 6 nitrogen and oxygen atoms in total. The molecule has 2 aromatic rings. The van der Waals surface area contributed by atoms with Gasteiger partial charge in [0.2, 0.25) is 15.9 Å². The summed E-state index contributed by atoms with van der Waals surface area (Å²) in [4.78, 5) is 16.8. The number of hydrogen-bond acceptors (Lipinski definition) is 4. The van der Waals surface area contributed by atoms with Gasteiger partial charge in [0.15, 0.2) is 0 Å². The number of halogens is 2. The molecule has 3 rings (SSSR count). The highest BCUT2D eigenvalue weighted by Gasteiger charge is 2.28. The van der Waals surface area contributed by atoms with Crippen LogP contribution >= 0.6 is 27.5 Å². The molecule has 0 N–H and O–H groups in total. The normalized spacial score (nSPS) is 15.0. The van der Waals surface area contributed by atoms with Crippen LogP contribution in [0.15, 0.2) is 57.9 Å². The summed E-state index contributed by atoms with van der Waals surface area (Å²) < 4.78 is 27.8. The van der Waals surface area contributed by atoms with E-state index in [1.165, 1.54) is 16.4 Å². The molecule has 9 heteroatoms. The minimum Gasteiger partial charge on any atom is -0.368 e. The Morgan fingerprint density at radius 2 is 1.76 bits per heavy atom. The van der Waals surface area contributed by atoms with E-state index in [0.717, 1.165) is 10.2 Å². The molecular weight excluding hydrogens is 478 g/mol. The number of carbonyl (C=O) groups excluding carboxylic acids is 1. The number of anilines is 1. The van der Waals surface area contributed by atoms with Crippen molar-refractivity contribution < 1.29 is 13.2 Å². The number of rotatable bonds is 6. The van der Waals surface area contributed by atoms with Crippen molar-refractivity contribution in [3.05, 3.63) is 58.0 Å². The Bertz CT molecular complexity index is 961. The number of piperazine rings is 1. The van der Waals surface area contributed by atoms with Gasteiger partial charge >= 0.3 is 0 Å². The fourth-order valence-corrected chi connectivity index (χ4v) is 5.11. The molecule has 0 aromatic heterocycles. The van der Waals surface area contributed by atoms with E-state index in [2.05, 4.69) is 20.8 Å². The maximum atomic E-state index is 12.9. The molecule has 1 amide bonds. The number of nitrogens with zero attached hydrogens (tertiary/aromatic N) is 3. The Morgan fingerprint density at radius 1 is 1.10 bits per heavy atom. The first-order valence-corrected chi connectivity index (χ1v) is 12.0. The predicted octanol–water partition coefficient (Wildman–Crippen LogP) is 3.46.